The molecule has 1 heterocycles. The van der Waals surface area contributed by atoms with Gasteiger partial charge in [-0.05, 0) is 38.1 Å². The van der Waals surface area contributed by atoms with E-state index in [1.54, 1.807) is 0 Å². The Morgan fingerprint density at radius 2 is 2.42 bits per heavy atom. The quantitative estimate of drug-likeness (QED) is 0.920. The molecule has 4 nitrogen and oxygen atoms in total. The summed E-state index contributed by atoms with van der Waals surface area (Å²) in [5.41, 5.74) is 0. The van der Waals surface area contributed by atoms with Crippen molar-refractivity contribution in [2.75, 3.05) is 26.7 Å². The van der Waals surface area contributed by atoms with Crippen molar-refractivity contribution in [2.45, 2.75) is 18.9 Å². The van der Waals surface area contributed by atoms with E-state index < -0.39 is 0 Å². The molecule has 104 valence electrons. The number of carbonyl (C=O) groups is 1. The topological polar surface area (TPSA) is 41.6 Å². The van der Waals surface area contributed by atoms with Crippen LogP contribution >= 0.6 is 15.9 Å². The number of hydrogen-bond acceptors (Lipinski definition) is 3. The molecule has 0 radical (unpaired) electrons. The lowest BCUT2D eigenvalue weighted by molar-refractivity contribution is -0.134. The Balaban J connectivity index is 1.84. The summed E-state index contributed by atoms with van der Waals surface area (Å²) in [5.74, 6) is 0.768. The van der Waals surface area contributed by atoms with Crippen molar-refractivity contribution in [3.05, 3.63) is 28.7 Å². The van der Waals surface area contributed by atoms with Gasteiger partial charge in [-0.1, -0.05) is 22.0 Å². The lowest BCUT2D eigenvalue weighted by Gasteiger charge is -2.32. The summed E-state index contributed by atoms with van der Waals surface area (Å²) in [6.45, 7) is 1.71. The van der Waals surface area contributed by atoms with Crippen LogP contribution in [0, 0.1) is 0 Å². The van der Waals surface area contributed by atoms with Crippen LogP contribution in [0.25, 0.3) is 0 Å². The van der Waals surface area contributed by atoms with E-state index >= 15 is 0 Å². The highest BCUT2D eigenvalue weighted by molar-refractivity contribution is 9.10. The van der Waals surface area contributed by atoms with E-state index in [-0.39, 0.29) is 12.5 Å². The van der Waals surface area contributed by atoms with Gasteiger partial charge in [0.25, 0.3) is 5.91 Å². The number of carbonyl (C=O) groups excluding carboxylic acids is 1. The first-order chi connectivity index (χ1) is 9.19. The standard InChI is InChI=1S/C14H19BrN2O2/c1-16-12-5-3-7-17(9-12)14(18)10-19-13-6-2-4-11(15)8-13/h2,4,6,8,12,16H,3,5,7,9-10H2,1H3. The van der Waals surface area contributed by atoms with Crippen molar-refractivity contribution in [3.63, 3.8) is 0 Å². The molecule has 1 aliphatic heterocycles. The first-order valence-electron chi connectivity index (χ1n) is 6.52. The molecule has 19 heavy (non-hydrogen) atoms. The smallest absolute Gasteiger partial charge is 0.260 e. The van der Waals surface area contributed by atoms with Gasteiger partial charge in [-0.3, -0.25) is 4.79 Å². The maximum Gasteiger partial charge on any atom is 0.260 e. The van der Waals surface area contributed by atoms with Crippen LogP contribution < -0.4 is 10.1 Å². The fraction of sp³-hybridized carbons (Fsp3) is 0.500. The van der Waals surface area contributed by atoms with Crippen LogP contribution in [0.15, 0.2) is 28.7 Å². The lowest BCUT2D eigenvalue weighted by atomic mass is 10.1. The van der Waals surface area contributed by atoms with E-state index in [9.17, 15) is 4.79 Å². The minimum atomic E-state index is 0.0555. The number of ether oxygens (including phenoxy) is 1. The molecule has 2 rings (SSSR count). The molecule has 1 unspecified atom stereocenters. The predicted octanol–water partition coefficient (Wildman–Crippen LogP) is 2.04. The van der Waals surface area contributed by atoms with Gasteiger partial charge in [0.2, 0.25) is 0 Å². The summed E-state index contributed by atoms with van der Waals surface area (Å²) in [5, 5.41) is 3.23. The summed E-state index contributed by atoms with van der Waals surface area (Å²) >= 11 is 3.38. The summed E-state index contributed by atoms with van der Waals surface area (Å²) < 4.78 is 6.48. The lowest BCUT2D eigenvalue weighted by Crippen LogP contribution is -2.48. The zero-order chi connectivity index (χ0) is 13.7. The molecule has 0 bridgehead atoms. The third-order valence-corrected chi connectivity index (χ3v) is 3.83. The molecule has 1 saturated heterocycles. The molecule has 1 aromatic carbocycles. The third kappa shape index (κ3) is 4.21. The first kappa shape index (κ1) is 14.3. The van der Waals surface area contributed by atoms with Gasteiger partial charge in [0.15, 0.2) is 6.61 Å². The molecule has 1 N–H and O–H groups in total. The van der Waals surface area contributed by atoms with Crippen LogP contribution in [0.1, 0.15) is 12.8 Å². The minimum absolute atomic E-state index is 0.0555. The van der Waals surface area contributed by atoms with E-state index in [1.165, 1.54) is 0 Å². The second-order valence-electron chi connectivity index (χ2n) is 4.71. The van der Waals surface area contributed by atoms with Gasteiger partial charge in [0.05, 0.1) is 0 Å². The number of piperidine rings is 1. The first-order valence-corrected chi connectivity index (χ1v) is 7.32. The van der Waals surface area contributed by atoms with Crippen LogP contribution in [-0.2, 0) is 4.79 Å². The molecule has 0 aliphatic carbocycles. The predicted molar refractivity (Wildman–Crippen MR) is 78.3 cm³/mol. The van der Waals surface area contributed by atoms with Gasteiger partial charge in [-0.2, -0.15) is 0 Å². The number of rotatable bonds is 4. The van der Waals surface area contributed by atoms with Crippen molar-refractivity contribution >= 4 is 21.8 Å². The van der Waals surface area contributed by atoms with E-state index in [0.717, 1.165) is 30.4 Å². The number of hydrogen-bond donors (Lipinski definition) is 1. The van der Waals surface area contributed by atoms with Gasteiger partial charge in [0, 0.05) is 23.6 Å². The Morgan fingerprint density at radius 1 is 1.58 bits per heavy atom. The van der Waals surface area contributed by atoms with Crippen molar-refractivity contribution in [1.29, 1.82) is 0 Å². The van der Waals surface area contributed by atoms with Crippen LogP contribution in [0.2, 0.25) is 0 Å². The van der Waals surface area contributed by atoms with Gasteiger partial charge < -0.3 is 15.0 Å². The Hall–Kier alpha value is -1.07. The molecule has 1 aromatic rings. The SMILES string of the molecule is CNC1CCCN(C(=O)COc2cccc(Br)c2)C1. The van der Waals surface area contributed by atoms with Crippen LogP contribution in [0.4, 0.5) is 0 Å². The third-order valence-electron chi connectivity index (χ3n) is 3.34. The van der Waals surface area contributed by atoms with Crippen LogP contribution in [0.5, 0.6) is 5.75 Å². The molecule has 1 fully saturated rings. The van der Waals surface area contributed by atoms with E-state index in [0.29, 0.717) is 11.8 Å². The van der Waals surface area contributed by atoms with Crippen LogP contribution in [-0.4, -0.2) is 43.6 Å². The maximum absolute atomic E-state index is 12.1. The number of likely N-dealkylation sites (N-methyl/N-ethyl adjacent to an activating group) is 1. The number of nitrogens with zero attached hydrogens (tertiary/aromatic N) is 1. The van der Waals surface area contributed by atoms with Crippen LogP contribution in [0.3, 0.4) is 0 Å². The normalized spacial score (nSPS) is 19.3. The summed E-state index contributed by atoms with van der Waals surface area (Å²) in [6.07, 6.45) is 2.18. The highest BCUT2D eigenvalue weighted by Crippen LogP contribution is 2.18. The van der Waals surface area contributed by atoms with Crippen molar-refractivity contribution in [3.8, 4) is 5.75 Å². The fourth-order valence-electron chi connectivity index (χ4n) is 2.23. The maximum atomic E-state index is 12.1. The monoisotopic (exact) mass is 326 g/mol. The van der Waals surface area contributed by atoms with Gasteiger partial charge in [0.1, 0.15) is 5.75 Å². The van der Waals surface area contributed by atoms with Crippen molar-refractivity contribution in [1.82, 2.24) is 10.2 Å². The second-order valence-corrected chi connectivity index (χ2v) is 5.63. The van der Waals surface area contributed by atoms with E-state index in [2.05, 4.69) is 21.2 Å². The van der Waals surface area contributed by atoms with E-state index in [1.807, 2.05) is 36.2 Å². The van der Waals surface area contributed by atoms with Gasteiger partial charge in [-0.25, -0.2) is 0 Å². The molecule has 0 aromatic heterocycles. The van der Waals surface area contributed by atoms with E-state index in [4.69, 9.17) is 4.74 Å². The number of nitrogens with one attached hydrogen (secondary N) is 1. The highest BCUT2D eigenvalue weighted by atomic mass is 79.9. The summed E-state index contributed by atoms with van der Waals surface area (Å²) in [4.78, 5) is 14.0. The van der Waals surface area contributed by atoms with Gasteiger partial charge >= 0.3 is 0 Å². The summed E-state index contributed by atoms with van der Waals surface area (Å²) in [7, 11) is 1.94. The summed E-state index contributed by atoms with van der Waals surface area (Å²) in [6, 6.07) is 7.94. The molecule has 1 amide bonds. The number of halogens is 1. The average Bonchev–Trinajstić information content (AvgIpc) is 2.45. The highest BCUT2D eigenvalue weighted by Gasteiger charge is 2.22. The van der Waals surface area contributed by atoms with Gasteiger partial charge in [-0.15, -0.1) is 0 Å². The number of amides is 1. The Bertz CT molecular complexity index is 439. The molecule has 1 aliphatic rings. The molecular formula is C14H19BrN2O2. The molecule has 0 spiro atoms. The van der Waals surface area contributed by atoms with Crippen molar-refractivity contribution in [2.24, 2.45) is 0 Å². The second kappa shape index (κ2) is 6.91. The molecular weight excluding hydrogens is 308 g/mol. The Morgan fingerprint density at radius 3 is 3.16 bits per heavy atom. The van der Waals surface area contributed by atoms with Crippen molar-refractivity contribution < 1.29 is 9.53 Å². The molecule has 5 heteroatoms. The minimum Gasteiger partial charge on any atom is -0.484 e. The fourth-order valence-corrected chi connectivity index (χ4v) is 2.61. The average molecular weight is 327 g/mol. The largest absolute Gasteiger partial charge is 0.484 e. The Labute approximate surface area is 122 Å². The zero-order valence-corrected chi connectivity index (χ0v) is 12.6. The zero-order valence-electron chi connectivity index (χ0n) is 11.1. The number of likely N-dealkylation sites (tertiary alicyclic amines) is 1. The molecule has 1 atom stereocenters. The Kier molecular flexibility index (Phi) is 5.22. The number of benzene rings is 1. The molecule has 0 saturated carbocycles.